The standard InChI is InChI=1S/C19H24N2O2/c1-14-8-6-7-11-18(14)23-15(2)13-21-19(22)17(20)12-16-9-4-3-5-10-16/h3-11,15,17H,12-13,20H2,1-2H3,(H,21,22)/t15?,17-/m0/s1. The number of carbonyl (C=O) groups is 1. The Balaban J connectivity index is 1.78. The predicted molar refractivity (Wildman–Crippen MR) is 92.4 cm³/mol. The van der Waals surface area contributed by atoms with Crippen molar-refractivity contribution in [1.82, 2.24) is 5.32 Å². The molecule has 0 heterocycles. The summed E-state index contributed by atoms with van der Waals surface area (Å²) in [5.41, 5.74) is 8.09. The number of para-hydroxylation sites is 1. The van der Waals surface area contributed by atoms with Gasteiger partial charge in [0, 0.05) is 0 Å². The zero-order chi connectivity index (χ0) is 16.7. The first-order valence-corrected chi connectivity index (χ1v) is 7.85. The van der Waals surface area contributed by atoms with Gasteiger partial charge in [-0.3, -0.25) is 4.79 Å². The molecule has 122 valence electrons. The minimum atomic E-state index is -0.553. The Labute approximate surface area is 137 Å². The first-order chi connectivity index (χ1) is 11.1. The van der Waals surface area contributed by atoms with Crippen LogP contribution < -0.4 is 15.8 Å². The van der Waals surface area contributed by atoms with E-state index in [4.69, 9.17) is 10.5 Å². The van der Waals surface area contributed by atoms with Crippen LogP contribution in [0.5, 0.6) is 5.75 Å². The van der Waals surface area contributed by atoms with E-state index in [9.17, 15) is 4.79 Å². The molecular weight excluding hydrogens is 288 g/mol. The average Bonchev–Trinajstić information content (AvgIpc) is 2.55. The highest BCUT2D eigenvalue weighted by atomic mass is 16.5. The second-order valence-electron chi connectivity index (χ2n) is 5.74. The zero-order valence-electron chi connectivity index (χ0n) is 13.7. The summed E-state index contributed by atoms with van der Waals surface area (Å²) in [6.07, 6.45) is 0.406. The van der Waals surface area contributed by atoms with Gasteiger partial charge in [-0.05, 0) is 37.5 Å². The molecule has 0 fully saturated rings. The molecule has 2 aromatic rings. The van der Waals surface area contributed by atoms with Crippen molar-refractivity contribution in [3.63, 3.8) is 0 Å². The number of aryl methyl sites for hydroxylation is 1. The number of hydrogen-bond acceptors (Lipinski definition) is 3. The van der Waals surface area contributed by atoms with E-state index in [-0.39, 0.29) is 12.0 Å². The van der Waals surface area contributed by atoms with E-state index in [2.05, 4.69) is 5.32 Å². The molecule has 4 heteroatoms. The Morgan fingerprint density at radius 3 is 2.48 bits per heavy atom. The lowest BCUT2D eigenvalue weighted by Crippen LogP contribution is -2.45. The maximum atomic E-state index is 12.1. The average molecular weight is 312 g/mol. The maximum absolute atomic E-state index is 12.1. The van der Waals surface area contributed by atoms with Gasteiger partial charge >= 0.3 is 0 Å². The summed E-state index contributed by atoms with van der Waals surface area (Å²) in [5.74, 6) is 0.678. The first-order valence-electron chi connectivity index (χ1n) is 7.85. The number of hydrogen-bond donors (Lipinski definition) is 2. The number of nitrogens with two attached hydrogens (primary N) is 1. The fourth-order valence-corrected chi connectivity index (χ4v) is 2.28. The van der Waals surface area contributed by atoms with Crippen LogP contribution >= 0.6 is 0 Å². The third-order valence-corrected chi connectivity index (χ3v) is 3.62. The summed E-state index contributed by atoms with van der Waals surface area (Å²) in [7, 11) is 0. The Kier molecular flexibility index (Phi) is 6.18. The summed E-state index contributed by atoms with van der Waals surface area (Å²) >= 11 is 0. The van der Waals surface area contributed by atoms with Crippen LogP contribution in [0, 0.1) is 6.92 Å². The molecule has 0 spiro atoms. The molecule has 0 aliphatic heterocycles. The molecule has 0 bridgehead atoms. The van der Waals surface area contributed by atoms with E-state index in [1.807, 2.05) is 68.4 Å². The van der Waals surface area contributed by atoms with Gasteiger partial charge in [-0.1, -0.05) is 48.5 Å². The fourth-order valence-electron chi connectivity index (χ4n) is 2.28. The van der Waals surface area contributed by atoms with Crippen LogP contribution in [0.2, 0.25) is 0 Å². The second-order valence-corrected chi connectivity index (χ2v) is 5.74. The molecule has 0 radical (unpaired) electrons. The topological polar surface area (TPSA) is 64.3 Å². The first kappa shape index (κ1) is 17.0. The molecule has 1 amide bonds. The normalized spacial score (nSPS) is 13.2. The monoisotopic (exact) mass is 312 g/mol. The van der Waals surface area contributed by atoms with Gasteiger partial charge in [0.2, 0.25) is 5.91 Å². The number of ether oxygens (including phenoxy) is 1. The SMILES string of the molecule is Cc1ccccc1OC(C)CNC(=O)[C@@H](N)Cc1ccccc1. The minimum absolute atomic E-state index is 0.121. The van der Waals surface area contributed by atoms with Crippen LogP contribution in [-0.2, 0) is 11.2 Å². The third-order valence-electron chi connectivity index (χ3n) is 3.62. The number of rotatable bonds is 7. The van der Waals surface area contributed by atoms with Crippen molar-refractivity contribution in [2.45, 2.75) is 32.4 Å². The van der Waals surface area contributed by atoms with Crippen molar-refractivity contribution in [1.29, 1.82) is 0 Å². The van der Waals surface area contributed by atoms with E-state index in [1.165, 1.54) is 0 Å². The van der Waals surface area contributed by atoms with E-state index in [0.717, 1.165) is 16.9 Å². The molecule has 2 rings (SSSR count). The second kappa shape index (κ2) is 8.34. The Morgan fingerprint density at radius 2 is 1.78 bits per heavy atom. The lowest BCUT2D eigenvalue weighted by molar-refractivity contribution is -0.122. The molecular formula is C19H24N2O2. The molecule has 4 nitrogen and oxygen atoms in total. The molecule has 2 aromatic carbocycles. The number of benzene rings is 2. The highest BCUT2D eigenvalue weighted by Gasteiger charge is 2.15. The minimum Gasteiger partial charge on any atom is -0.489 e. The van der Waals surface area contributed by atoms with E-state index in [0.29, 0.717) is 13.0 Å². The van der Waals surface area contributed by atoms with Crippen molar-refractivity contribution in [2.24, 2.45) is 5.73 Å². The summed E-state index contributed by atoms with van der Waals surface area (Å²) < 4.78 is 5.84. The fraction of sp³-hybridized carbons (Fsp3) is 0.316. The van der Waals surface area contributed by atoms with Crippen LogP contribution in [0.15, 0.2) is 54.6 Å². The molecule has 2 atom stereocenters. The largest absolute Gasteiger partial charge is 0.489 e. The number of amides is 1. The van der Waals surface area contributed by atoms with Gasteiger partial charge in [-0.2, -0.15) is 0 Å². The maximum Gasteiger partial charge on any atom is 0.237 e. The van der Waals surface area contributed by atoms with E-state index >= 15 is 0 Å². The van der Waals surface area contributed by atoms with E-state index < -0.39 is 6.04 Å². The Bertz CT molecular complexity index is 628. The van der Waals surface area contributed by atoms with Gasteiger partial charge in [0.25, 0.3) is 0 Å². The Morgan fingerprint density at radius 1 is 1.13 bits per heavy atom. The number of carbonyl (C=O) groups excluding carboxylic acids is 1. The quantitative estimate of drug-likeness (QED) is 0.825. The van der Waals surface area contributed by atoms with E-state index in [1.54, 1.807) is 0 Å². The summed E-state index contributed by atoms with van der Waals surface area (Å²) in [4.78, 5) is 12.1. The zero-order valence-corrected chi connectivity index (χ0v) is 13.7. The summed E-state index contributed by atoms with van der Waals surface area (Å²) in [6.45, 7) is 4.35. The van der Waals surface area contributed by atoms with Crippen LogP contribution in [0.1, 0.15) is 18.1 Å². The van der Waals surface area contributed by atoms with Crippen LogP contribution in [0.25, 0.3) is 0 Å². The van der Waals surface area contributed by atoms with Crippen molar-refractivity contribution in [3.8, 4) is 5.75 Å². The van der Waals surface area contributed by atoms with Gasteiger partial charge in [0.1, 0.15) is 11.9 Å². The van der Waals surface area contributed by atoms with Gasteiger partial charge in [-0.25, -0.2) is 0 Å². The molecule has 23 heavy (non-hydrogen) atoms. The van der Waals surface area contributed by atoms with Crippen molar-refractivity contribution in [2.75, 3.05) is 6.54 Å². The summed E-state index contributed by atoms with van der Waals surface area (Å²) in [5, 5.41) is 2.85. The lowest BCUT2D eigenvalue weighted by Gasteiger charge is -2.18. The third kappa shape index (κ3) is 5.42. The van der Waals surface area contributed by atoms with Crippen LogP contribution in [0.3, 0.4) is 0 Å². The van der Waals surface area contributed by atoms with Gasteiger partial charge < -0.3 is 15.8 Å². The molecule has 0 aromatic heterocycles. The van der Waals surface area contributed by atoms with Crippen LogP contribution in [0.4, 0.5) is 0 Å². The molecule has 0 aliphatic rings. The van der Waals surface area contributed by atoms with Crippen molar-refractivity contribution >= 4 is 5.91 Å². The van der Waals surface area contributed by atoms with Gasteiger partial charge in [0.15, 0.2) is 0 Å². The molecule has 0 aliphatic carbocycles. The summed E-state index contributed by atoms with van der Waals surface area (Å²) in [6, 6.07) is 17.0. The molecule has 1 unspecified atom stereocenters. The molecule has 3 N–H and O–H groups in total. The lowest BCUT2D eigenvalue weighted by atomic mass is 10.1. The highest BCUT2D eigenvalue weighted by Crippen LogP contribution is 2.17. The van der Waals surface area contributed by atoms with Gasteiger partial charge in [0.05, 0.1) is 12.6 Å². The van der Waals surface area contributed by atoms with Gasteiger partial charge in [-0.15, -0.1) is 0 Å². The van der Waals surface area contributed by atoms with Crippen molar-refractivity contribution in [3.05, 3.63) is 65.7 Å². The van der Waals surface area contributed by atoms with Crippen LogP contribution in [-0.4, -0.2) is 24.6 Å². The van der Waals surface area contributed by atoms with Crippen molar-refractivity contribution < 1.29 is 9.53 Å². The highest BCUT2D eigenvalue weighted by molar-refractivity contribution is 5.81. The molecule has 0 saturated heterocycles. The smallest absolute Gasteiger partial charge is 0.237 e. The Hall–Kier alpha value is -2.33. The number of nitrogens with one attached hydrogen (secondary N) is 1. The molecule has 0 saturated carbocycles. The predicted octanol–water partition coefficient (Wildman–Crippen LogP) is 2.45.